The topological polar surface area (TPSA) is 41.0 Å². The standard InChI is InChI=1S/C23H24N4S/c1-16-14-28-22-21(16)25-15-26-23(22)27-10-8-20(9-11-27)24-13-17-6-7-18-4-2-3-5-19(18)12-17/h2-7,12,14-15,20,24H,8-11,13H2,1H3. The molecule has 4 nitrogen and oxygen atoms in total. The third kappa shape index (κ3) is 3.36. The zero-order valence-corrected chi connectivity index (χ0v) is 16.9. The average Bonchev–Trinajstić information content (AvgIpc) is 3.14. The number of nitrogens with zero attached hydrogens (tertiary/aromatic N) is 3. The average molecular weight is 389 g/mol. The van der Waals surface area contributed by atoms with Crippen molar-refractivity contribution < 1.29 is 0 Å². The number of piperidine rings is 1. The fraction of sp³-hybridized carbons (Fsp3) is 0.304. The summed E-state index contributed by atoms with van der Waals surface area (Å²) in [5.74, 6) is 1.11. The van der Waals surface area contributed by atoms with Gasteiger partial charge in [0.2, 0.25) is 0 Å². The van der Waals surface area contributed by atoms with E-state index in [0.717, 1.165) is 43.8 Å². The van der Waals surface area contributed by atoms with Crippen LogP contribution in [0.5, 0.6) is 0 Å². The molecule has 0 atom stereocenters. The van der Waals surface area contributed by atoms with Gasteiger partial charge in [0.05, 0.1) is 10.2 Å². The van der Waals surface area contributed by atoms with Gasteiger partial charge >= 0.3 is 0 Å². The van der Waals surface area contributed by atoms with Crippen molar-refractivity contribution in [3.05, 3.63) is 65.3 Å². The molecular weight excluding hydrogens is 364 g/mol. The van der Waals surface area contributed by atoms with Crippen LogP contribution in [-0.2, 0) is 6.54 Å². The Balaban J connectivity index is 1.22. The maximum atomic E-state index is 4.60. The molecule has 2 aromatic carbocycles. The third-order valence-electron chi connectivity index (χ3n) is 5.72. The van der Waals surface area contributed by atoms with Crippen molar-refractivity contribution in [3.8, 4) is 0 Å². The predicted molar refractivity (Wildman–Crippen MR) is 118 cm³/mol. The monoisotopic (exact) mass is 388 g/mol. The molecule has 1 N–H and O–H groups in total. The molecule has 28 heavy (non-hydrogen) atoms. The van der Waals surface area contributed by atoms with Crippen LogP contribution < -0.4 is 10.2 Å². The second-order valence-electron chi connectivity index (χ2n) is 7.62. The molecule has 2 aromatic heterocycles. The highest BCUT2D eigenvalue weighted by molar-refractivity contribution is 7.18. The molecule has 0 amide bonds. The lowest BCUT2D eigenvalue weighted by Gasteiger charge is -2.33. The summed E-state index contributed by atoms with van der Waals surface area (Å²) in [6.45, 7) is 5.13. The number of thiophene rings is 1. The highest BCUT2D eigenvalue weighted by Gasteiger charge is 2.22. The molecule has 1 aliphatic heterocycles. The number of nitrogens with one attached hydrogen (secondary N) is 1. The van der Waals surface area contributed by atoms with Crippen LogP contribution in [0.3, 0.4) is 0 Å². The van der Waals surface area contributed by atoms with Gasteiger partial charge in [0.15, 0.2) is 0 Å². The van der Waals surface area contributed by atoms with Gasteiger partial charge in [-0.15, -0.1) is 11.3 Å². The zero-order chi connectivity index (χ0) is 18.9. The summed E-state index contributed by atoms with van der Waals surface area (Å²) in [5.41, 5.74) is 3.70. The molecule has 0 bridgehead atoms. The van der Waals surface area contributed by atoms with Crippen LogP contribution in [0.25, 0.3) is 21.0 Å². The molecule has 3 heterocycles. The lowest BCUT2D eigenvalue weighted by Crippen LogP contribution is -2.42. The Morgan fingerprint density at radius 1 is 1.07 bits per heavy atom. The minimum Gasteiger partial charge on any atom is -0.355 e. The van der Waals surface area contributed by atoms with Gasteiger partial charge in [0.1, 0.15) is 12.1 Å². The van der Waals surface area contributed by atoms with Crippen molar-refractivity contribution in [2.45, 2.75) is 32.4 Å². The van der Waals surface area contributed by atoms with Gasteiger partial charge in [-0.1, -0.05) is 36.4 Å². The molecule has 5 heteroatoms. The van der Waals surface area contributed by atoms with Crippen molar-refractivity contribution >= 4 is 38.1 Å². The largest absolute Gasteiger partial charge is 0.355 e. The lowest BCUT2D eigenvalue weighted by atomic mass is 10.0. The minimum absolute atomic E-state index is 0.560. The predicted octanol–water partition coefficient (Wildman–Crippen LogP) is 4.91. The van der Waals surface area contributed by atoms with E-state index in [4.69, 9.17) is 0 Å². The van der Waals surface area contributed by atoms with E-state index in [0.29, 0.717) is 6.04 Å². The molecular formula is C23H24N4S. The molecule has 0 aliphatic carbocycles. The third-order valence-corrected chi connectivity index (χ3v) is 6.80. The zero-order valence-electron chi connectivity index (χ0n) is 16.1. The van der Waals surface area contributed by atoms with Crippen LogP contribution in [0, 0.1) is 6.92 Å². The SMILES string of the molecule is Cc1csc2c(N3CCC(NCc4ccc5ccccc5c4)CC3)ncnc12. The second-order valence-corrected chi connectivity index (χ2v) is 8.50. The van der Waals surface area contributed by atoms with E-state index in [9.17, 15) is 0 Å². The fourth-order valence-corrected chi connectivity index (χ4v) is 5.11. The Labute approximate surface area is 169 Å². The lowest BCUT2D eigenvalue weighted by molar-refractivity contribution is 0.413. The van der Waals surface area contributed by atoms with E-state index in [-0.39, 0.29) is 0 Å². The van der Waals surface area contributed by atoms with Crippen LogP contribution >= 0.6 is 11.3 Å². The number of rotatable bonds is 4. The molecule has 0 saturated carbocycles. The van der Waals surface area contributed by atoms with Gasteiger partial charge < -0.3 is 10.2 Å². The first-order valence-corrected chi connectivity index (χ1v) is 10.8. The van der Waals surface area contributed by atoms with Crippen molar-refractivity contribution in [2.24, 2.45) is 0 Å². The Morgan fingerprint density at radius 3 is 2.75 bits per heavy atom. The van der Waals surface area contributed by atoms with Gasteiger partial charge in [-0.05, 0) is 53.1 Å². The van der Waals surface area contributed by atoms with Gasteiger partial charge in [0, 0.05) is 25.7 Å². The normalized spacial score (nSPS) is 15.5. The Bertz CT molecular complexity index is 1110. The number of benzene rings is 2. The summed E-state index contributed by atoms with van der Waals surface area (Å²) in [7, 11) is 0. The molecule has 0 radical (unpaired) electrons. The number of anilines is 1. The molecule has 5 rings (SSSR count). The van der Waals surface area contributed by atoms with Crippen LogP contribution in [0.15, 0.2) is 54.2 Å². The molecule has 1 fully saturated rings. The van der Waals surface area contributed by atoms with Crippen molar-refractivity contribution in [3.63, 3.8) is 0 Å². The van der Waals surface area contributed by atoms with Gasteiger partial charge in [-0.25, -0.2) is 9.97 Å². The first-order valence-electron chi connectivity index (χ1n) is 9.93. The number of aromatic nitrogens is 2. The van der Waals surface area contributed by atoms with E-state index < -0.39 is 0 Å². The molecule has 0 unspecified atom stereocenters. The van der Waals surface area contributed by atoms with Gasteiger partial charge in [-0.3, -0.25) is 0 Å². The quantitative estimate of drug-likeness (QED) is 0.539. The second kappa shape index (κ2) is 7.49. The summed E-state index contributed by atoms with van der Waals surface area (Å²) >= 11 is 1.76. The molecule has 4 aromatic rings. The first-order chi connectivity index (χ1) is 13.8. The first kappa shape index (κ1) is 17.6. The highest BCUT2D eigenvalue weighted by Crippen LogP contribution is 2.32. The summed E-state index contributed by atoms with van der Waals surface area (Å²) in [4.78, 5) is 11.5. The van der Waals surface area contributed by atoms with Crippen LogP contribution in [0.4, 0.5) is 5.82 Å². The van der Waals surface area contributed by atoms with E-state index in [1.807, 2.05) is 0 Å². The number of fused-ring (bicyclic) bond motifs is 2. The fourth-order valence-electron chi connectivity index (χ4n) is 4.09. The smallest absolute Gasteiger partial charge is 0.150 e. The van der Waals surface area contributed by atoms with E-state index in [1.165, 1.54) is 26.6 Å². The van der Waals surface area contributed by atoms with Crippen molar-refractivity contribution in [2.75, 3.05) is 18.0 Å². The van der Waals surface area contributed by atoms with E-state index >= 15 is 0 Å². The van der Waals surface area contributed by atoms with Crippen molar-refractivity contribution in [1.82, 2.24) is 15.3 Å². The summed E-state index contributed by atoms with van der Waals surface area (Å²) in [6.07, 6.45) is 3.99. The molecule has 142 valence electrons. The van der Waals surface area contributed by atoms with Gasteiger partial charge in [-0.2, -0.15) is 0 Å². The van der Waals surface area contributed by atoms with Crippen LogP contribution in [0.1, 0.15) is 24.0 Å². The number of hydrogen-bond donors (Lipinski definition) is 1. The van der Waals surface area contributed by atoms with Crippen molar-refractivity contribution in [1.29, 1.82) is 0 Å². The summed E-state index contributed by atoms with van der Waals surface area (Å²) < 4.78 is 1.22. The van der Waals surface area contributed by atoms with Gasteiger partial charge in [0.25, 0.3) is 0 Å². The Kier molecular flexibility index (Phi) is 4.71. The molecule has 0 spiro atoms. The molecule has 1 saturated heterocycles. The maximum Gasteiger partial charge on any atom is 0.150 e. The van der Waals surface area contributed by atoms with Crippen LogP contribution in [0.2, 0.25) is 0 Å². The Hall–Kier alpha value is -2.50. The highest BCUT2D eigenvalue weighted by atomic mass is 32.1. The summed E-state index contributed by atoms with van der Waals surface area (Å²) in [6, 6.07) is 15.9. The number of hydrogen-bond acceptors (Lipinski definition) is 5. The van der Waals surface area contributed by atoms with E-state index in [1.54, 1.807) is 17.7 Å². The Morgan fingerprint density at radius 2 is 1.89 bits per heavy atom. The number of aryl methyl sites for hydroxylation is 1. The van der Waals surface area contributed by atoms with Crippen LogP contribution in [-0.4, -0.2) is 29.1 Å². The maximum absolute atomic E-state index is 4.60. The van der Waals surface area contributed by atoms with E-state index in [2.05, 4.69) is 75.0 Å². The molecule has 1 aliphatic rings. The summed E-state index contributed by atoms with van der Waals surface area (Å²) in [5, 5.41) is 8.56. The minimum atomic E-state index is 0.560.